The van der Waals surface area contributed by atoms with E-state index in [-0.39, 0.29) is 18.0 Å². The first kappa shape index (κ1) is 16.8. The molecule has 1 saturated heterocycles. The number of anilines is 1. The number of carbonyl (C=O) groups is 1. The summed E-state index contributed by atoms with van der Waals surface area (Å²) in [4.78, 5) is 22.0. The molecule has 1 aliphatic heterocycles. The van der Waals surface area contributed by atoms with Crippen molar-refractivity contribution in [3.8, 4) is 11.9 Å². The van der Waals surface area contributed by atoms with Gasteiger partial charge in [-0.15, -0.1) is 0 Å². The van der Waals surface area contributed by atoms with Crippen LogP contribution in [-0.2, 0) is 4.79 Å². The maximum atomic E-state index is 11.3. The van der Waals surface area contributed by atoms with Gasteiger partial charge < -0.3 is 24.8 Å². The molecule has 1 aromatic heterocycles. The van der Waals surface area contributed by atoms with Crippen molar-refractivity contribution in [2.24, 2.45) is 11.8 Å². The van der Waals surface area contributed by atoms with E-state index in [4.69, 9.17) is 9.47 Å². The highest BCUT2D eigenvalue weighted by molar-refractivity contribution is 5.73. The van der Waals surface area contributed by atoms with Gasteiger partial charge in [-0.25, -0.2) is 0 Å². The van der Waals surface area contributed by atoms with Gasteiger partial charge in [-0.05, 0) is 24.7 Å². The van der Waals surface area contributed by atoms with E-state index in [1.807, 2.05) is 0 Å². The Kier molecular flexibility index (Phi) is 4.75. The molecule has 8 nitrogen and oxygen atoms in total. The van der Waals surface area contributed by atoms with Crippen LogP contribution in [0.5, 0.6) is 11.9 Å². The Bertz CT molecular complexity index is 589. The van der Waals surface area contributed by atoms with Crippen LogP contribution in [0, 0.1) is 11.8 Å². The van der Waals surface area contributed by atoms with Crippen LogP contribution in [0.4, 0.5) is 5.82 Å². The number of aliphatic hydroxyl groups is 1. The second-order valence-electron chi connectivity index (χ2n) is 6.53. The van der Waals surface area contributed by atoms with Gasteiger partial charge >= 0.3 is 6.01 Å². The Morgan fingerprint density at radius 2 is 1.96 bits per heavy atom. The number of hydrogen-bond donors (Lipinski definition) is 2. The maximum Gasteiger partial charge on any atom is 0.321 e. The van der Waals surface area contributed by atoms with Crippen molar-refractivity contribution < 1.29 is 19.4 Å². The number of aliphatic hydroxyl groups excluding tert-OH is 1. The summed E-state index contributed by atoms with van der Waals surface area (Å²) >= 11 is 0. The van der Waals surface area contributed by atoms with Gasteiger partial charge in [0.25, 0.3) is 0 Å². The first-order valence-corrected chi connectivity index (χ1v) is 8.17. The molecule has 2 heterocycles. The zero-order chi connectivity index (χ0) is 17.3. The van der Waals surface area contributed by atoms with Gasteiger partial charge in [0.05, 0.1) is 26.4 Å². The summed E-state index contributed by atoms with van der Waals surface area (Å²) in [6.07, 6.45) is 0.969. The fourth-order valence-electron chi connectivity index (χ4n) is 3.78. The lowest BCUT2D eigenvalue weighted by Gasteiger charge is -2.35. The Morgan fingerprint density at radius 1 is 1.25 bits per heavy atom. The number of aromatic nitrogens is 2. The highest BCUT2D eigenvalue weighted by Crippen LogP contribution is 2.38. The van der Waals surface area contributed by atoms with E-state index in [0.29, 0.717) is 24.1 Å². The van der Waals surface area contributed by atoms with Gasteiger partial charge in [-0.3, -0.25) is 4.79 Å². The molecule has 1 saturated carbocycles. The number of fused-ring (bicyclic) bond motifs is 1. The molecular weight excluding hydrogens is 312 g/mol. The number of hydrogen-bond acceptors (Lipinski definition) is 7. The average molecular weight is 336 g/mol. The van der Waals surface area contributed by atoms with Crippen LogP contribution in [0.3, 0.4) is 0 Å². The molecule has 0 aromatic carbocycles. The van der Waals surface area contributed by atoms with Crippen LogP contribution in [0.15, 0.2) is 6.07 Å². The van der Waals surface area contributed by atoms with Crippen molar-refractivity contribution in [2.75, 3.05) is 32.2 Å². The summed E-state index contributed by atoms with van der Waals surface area (Å²) in [6, 6.07) is 1.90. The summed E-state index contributed by atoms with van der Waals surface area (Å²) in [5.74, 6) is 1.92. The minimum Gasteiger partial charge on any atom is -0.481 e. The normalized spacial score (nSPS) is 29.1. The van der Waals surface area contributed by atoms with E-state index in [0.717, 1.165) is 25.3 Å². The second kappa shape index (κ2) is 6.80. The number of methoxy groups -OCH3 is 2. The molecule has 3 rings (SSSR count). The third-order valence-electron chi connectivity index (χ3n) is 4.91. The lowest BCUT2D eigenvalue weighted by Crippen LogP contribution is -2.48. The molecule has 2 aliphatic rings. The van der Waals surface area contributed by atoms with E-state index in [9.17, 15) is 9.90 Å². The molecular formula is C16H24N4O4. The molecule has 0 radical (unpaired) electrons. The van der Waals surface area contributed by atoms with E-state index in [2.05, 4.69) is 20.2 Å². The molecule has 0 unspecified atom stereocenters. The number of nitrogens with one attached hydrogen (secondary N) is 1. The molecule has 1 aromatic rings. The quantitative estimate of drug-likeness (QED) is 0.811. The fraction of sp³-hybridized carbons (Fsp3) is 0.688. The van der Waals surface area contributed by atoms with Gasteiger partial charge in [0.1, 0.15) is 5.82 Å². The first-order valence-electron chi connectivity index (χ1n) is 8.17. The summed E-state index contributed by atoms with van der Waals surface area (Å²) in [5.41, 5.74) is 0. The Morgan fingerprint density at radius 3 is 2.58 bits per heavy atom. The van der Waals surface area contributed by atoms with E-state index >= 15 is 0 Å². The van der Waals surface area contributed by atoms with E-state index in [1.165, 1.54) is 14.0 Å². The van der Waals surface area contributed by atoms with Crippen molar-refractivity contribution in [3.05, 3.63) is 6.07 Å². The molecule has 0 spiro atoms. The van der Waals surface area contributed by atoms with Crippen molar-refractivity contribution in [1.82, 2.24) is 15.3 Å². The minimum atomic E-state index is -0.496. The smallest absolute Gasteiger partial charge is 0.321 e. The zero-order valence-corrected chi connectivity index (χ0v) is 14.2. The molecule has 24 heavy (non-hydrogen) atoms. The number of ether oxygens (including phenoxy) is 2. The number of amides is 1. The summed E-state index contributed by atoms with van der Waals surface area (Å²) in [7, 11) is 3.08. The summed E-state index contributed by atoms with van der Waals surface area (Å²) in [5, 5.41) is 13.1. The Labute approximate surface area is 141 Å². The number of nitrogens with zero attached hydrogens (tertiary/aromatic N) is 3. The van der Waals surface area contributed by atoms with Gasteiger partial charge in [0, 0.05) is 26.1 Å². The molecule has 132 valence electrons. The topological polar surface area (TPSA) is 96.8 Å². The van der Waals surface area contributed by atoms with Gasteiger partial charge in [-0.1, -0.05) is 0 Å². The Balaban J connectivity index is 1.74. The van der Waals surface area contributed by atoms with Crippen molar-refractivity contribution >= 4 is 11.7 Å². The van der Waals surface area contributed by atoms with Crippen LogP contribution in [0.1, 0.15) is 19.8 Å². The predicted octanol–water partition coefficient (Wildman–Crippen LogP) is 0.206. The summed E-state index contributed by atoms with van der Waals surface area (Å²) < 4.78 is 10.3. The predicted molar refractivity (Wildman–Crippen MR) is 87.2 cm³/mol. The third kappa shape index (κ3) is 3.38. The SMILES string of the molecule is COc1cc(N2C[C@H]3C[C@@H](NC(C)=O)[C@H](O)C[C@H]3C2)nc(OC)n1. The third-order valence-corrected chi connectivity index (χ3v) is 4.91. The molecule has 8 heteroatoms. The van der Waals surface area contributed by atoms with Crippen LogP contribution in [0.2, 0.25) is 0 Å². The van der Waals surface area contributed by atoms with Crippen LogP contribution >= 0.6 is 0 Å². The van der Waals surface area contributed by atoms with Crippen molar-refractivity contribution in [2.45, 2.75) is 31.9 Å². The Hall–Kier alpha value is -2.09. The average Bonchev–Trinajstić information content (AvgIpc) is 2.97. The molecule has 4 atom stereocenters. The monoisotopic (exact) mass is 336 g/mol. The lowest BCUT2D eigenvalue weighted by atomic mass is 9.77. The van der Waals surface area contributed by atoms with Crippen LogP contribution < -0.4 is 19.7 Å². The first-order chi connectivity index (χ1) is 11.5. The van der Waals surface area contributed by atoms with Gasteiger partial charge in [-0.2, -0.15) is 9.97 Å². The highest BCUT2D eigenvalue weighted by Gasteiger charge is 2.42. The standard InChI is InChI=1S/C16H24N4O4/c1-9(21)17-12-4-10-7-20(8-11(10)5-13(12)22)14-6-15(23-2)19-16(18-14)24-3/h6,10-13,22H,4-5,7-8H2,1-3H3,(H,17,21)/t10-,11+,12-,13-/m1/s1. The van der Waals surface area contributed by atoms with E-state index in [1.54, 1.807) is 13.2 Å². The largest absolute Gasteiger partial charge is 0.481 e. The fourth-order valence-corrected chi connectivity index (χ4v) is 3.78. The molecule has 2 fully saturated rings. The molecule has 0 bridgehead atoms. The number of carbonyl (C=O) groups excluding carboxylic acids is 1. The van der Waals surface area contributed by atoms with Crippen LogP contribution in [0.25, 0.3) is 0 Å². The van der Waals surface area contributed by atoms with E-state index < -0.39 is 6.10 Å². The molecule has 1 amide bonds. The maximum absolute atomic E-state index is 11.3. The zero-order valence-electron chi connectivity index (χ0n) is 14.2. The minimum absolute atomic E-state index is 0.0994. The number of rotatable bonds is 4. The van der Waals surface area contributed by atoms with Crippen molar-refractivity contribution in [1.29, 1.82) is 0 Å². The lowest BCUT2D eigenvalue weighted by molar-refractivity contribution is -0.121. The van der Waals surface area contributed by atoms with Crippen LogP contribution in [-0.4, -0.2) is 60.4 Å². The van der Waals surface area contributed by atoms with Gasteiger partial charge in [0.15, 0.2) is 0 Å². The van der Waals surface area contributed by atoms with Gasteiger partial charge in [0.2, 0.25) is 11.8 Å². The summed E-state index contributed by atoms with van der Waals surface area (Å²) in [6.45, 7) is 3.13. The molecule has 2 N–H and O–H groups in total. The second-order valence-corrected chi connectivity index (χ2v) is 6.53. The highest BCUT2D eigenvalue weighted by atomic mass is 16.5. The van der Waals surface area contributed by atoms with Crippen molar-refractivity contribution in [3.63, 3.8) is 0 Å². The molecule has 1 aliphatic carbocycles.